The molecule has 1 N–H and O–H groups in total. The van der Waals surface area contributed by atoms with Crippen LogP contribution in [0, 0.1) is 0 Å². The van der Waals surface area contributed by atoms with E-state index < -0.39 is 0 Å². The zero-order chi connectivity index (χ0) is 35.3. The summed E-state index contributed by atoms with van der Waals surface area (Å²) in [4.78, 5) is 16.6. The molecule has 280 valence electrons. The van der Waals surface area contributed by atoms with Crippen molar-refractivity contribution in [1.82, 2.24) is 9.80 Å². The Balaban J connectivity index is 0.000000872. The summed E-state index contributed by atoms with van der Waals surface area (Å²) in [5.74, 6) is 0. The molecule has 0 saturated carbocycles. The summed E-state index contributed by atoms with van der Waals surface area (Å²) in [6.45, 7) is 8.71. The zero-order valence-electron chi connectivity index (χ0n) is 29.8. The second-order valence-electron chi connectivity index (χ2n) is 11.6. The summed E-state index contributed by atoms with van der Waals surface area (Å²) in [5.41, 5.74) is 5.05. The van der Waals surface area contributed by atoms with Crippen LogP contribution < -0.4 is 29.6 Å². The second-order valence-corrected chi connectivity index (χ2v) is 13.4. The Morgan fingerprint density at radius 3 is 1.50 bits per heavy atom. The molecule has 0 amide bonds. The molecule has 0 aromatic heterocycles. The molecule has 52 heavy (non-hydrogen) atoms. The summed E-state index contributed by atoms with van der Waals surface area (Å²) >= 11 is 10.2. The van der Waals surface area contributed by atoms with Crippen LogP contribution in [0.2, 0.25) is 0 Å². The van der Waals surface area contributed by atoms with Crippen LogP contribution in [0.15, 0.2) is 121 Å². The van der Waals surface area contributed by atoms with E-state index in [1.54, 1.807) is 13.2 Å². The molecule has 0 unspecified atom stereocenters. The molecule has 4 atom stereocenters. The number of hydrogen-bond acceptors (Lipinski definition) is 9. The Labute approximate surface area is 352 Å². The van der Waals surface area contributed by atoms with Crippen molar-refractivity contribution in [1.29, 1.82) is 0 Å². The molecule has 0 aliphatic carbocycles. The second kappa shape index (κ2) is 29.7. The number of thioether (sulfide) groups is 1. The van der Waals surface area contributed by atoms with Gasteiger partial charge in [0.05, 0.1) is 35.9 Å². The fraction of sp³-hybridized carbons (Fsp3) is 0.405. The summed E-state index contributed by atoms with van der Waals surface area (Å²) in [5, 5.41) is 7.31. The minimum absolute atomic E-state index is 0. The molecule has 4 aromatic carbocycles. The topological polar surface area (TPSA) is 62.2 Å². The van der Waals surface area contributed by atoms with Gasteiger partial charge >= 0.3 is 29.6 Å². The summed E-state index contributed by atoms with van der Waals surface area (Å²) in [6, 6.07) is 41.7. The Morgan fingerprint density at radius 1 is 0.712 bits per heavy atom. The SMILES string of the molecule is C.C.CC(=O)S[C@@H](c1ccccc1)[C@@H]1CN(Cc2ccccc2)CCO1.CO.C[S-].S[C@@H](c1ccccc1)[C@@H]1CN(Cc2ccccc2)CCO1.[Na+]. The third kappa shape index (κ3) is 17.7. The molecule has 10 heteroatoms. The van der Waals surface area contributed by atoms with E-state index in [0.29, 0.717) is 6.61 Å². The van der Waals surface area contributed by atoms with Crippen molar-refractivity contribution in [2.45, 2.75) is 57.6 Å². The van der Waals surface area contributed by atoms with E-state index in [0.717, 1.165) is 58.5 Å². The molecule has 2 aliphatic heterocycles. The summed E-state index contributed by atoms with van der Waals surface area (Å²) < 4.78 is 12.0. The fourth-order valence-corrected chi connectivity index (χ4v) is 7.17. The molecule has 0 bridgehead atoms. The molecule has 6 rings (SSSR count). The van der Waals surface area contributed by atoms with Gasteiger partial charge in [-0.1, -0.05) is 148 Å². The van der Waals surface area contributed by atoms with E-state index in [1.807, 2.05) is 30.3 Å². The van der Waals surface area contributed by atoms with Crippen LogP contribution in [0.25, 0.3) is 0 Å². The van der Waals surface area contributed by atoms with Crippen molar-refractivity contribution >= 4 is 42.1 Å². The molecule has 0 spiro atoms. The van der Waals surface area contributed by atoms with E-state index >= 15 is 0 Å². The molecule has 6 nitrogen and oxygen atoms in total. The number of nitrogens with zero attached hydrogens (tertiary/aromatic N) is 2. The number of carbonyl (C=O) groups excluding carboxylic acids is 1. The van der Waals surface area contributed by atoms with Crippen molar-refractivity contribution in [2.75, 3.05) is 52.8 Å². The van der Waals surface area contributed by atoms with Gasteiger partial charge in [-0.3, -0.25) is 14.6 Å². The van der Waals surface area contributed by atoms with Gasteiger partial charge in [0.15, 0.2) is 5.12 Å². The molecule has 0 radical (unpaired) electrons. The van der Waals surface area contributed by atoms with Crippen molar-refractivity contribution in [3.63, 3.8) is 0 Å². The van der Waals surface area contributed by atoms with E-state index in [4.69, 9.17) is 27.2 Å². The molecular formula is C42H59N2NaO4S3. The first-order valence-electron chi connectivity index (χ1n) is 16.6. The van der Waals surface area contributed by atoms with Crippen LogP contribution in [0.3, 0.4) is 0 Å². The molecule has 2 saturated heterocycles. The number of morpholine rings is 2. The van der Waals surface area contributed by atoms with Crippen molar-refractivity contribution in [3.05, 3.63) is 144 Å². The van der Waals surface area contributed by atoms with Crippen molar-refractivity contribution < 1.29 is 48.9 Å². The number of rotatable bonds is 9. The van der Waals surface area contributed by atoms with Gasteiger partial charge in [-0.15, -0.1) is 0 Å². The van der Waals surface area contributed by atoms with Crippen LogP contribution >= 0.6 is 24.4 Å². The first-order valence-corrected chi connectivity index (χ1v) is 18.8. The van der Waals surface area contributed by atoms with Gasteiger partial charge in [-0.2, -0.15) is 18.9 Å². The number of thiol groups is 1. The third-order valence-electron chi connectivity index (χ3n) is 8.11. The van der Waals surface area contributed by atoms with Crippen molar-refractivity contribution in [3.8, 4) is 0 Å². The Bertz CT molecular complexity index is 1430. The van der Waals surface area contributed by atoms with E-state index in [9.17, 15) is 4.79 Å². The van der Waals surface area contributed by atoms with Crippen LogP contribution in [0.1, 0.15) is 54.5 Å². The van der Waals surface area contributed by atoms with E-state index in [-0.39, 0.29) is 72.2 Å². The largest absolute Gasteiger partial charge is 1.00 e. The number of hydrogen-bond donors (Lipinski definition) is 2. The van der Waals surface area contributed by atoms with Gasteiger partial charge in [-0.05, 0) is 22.3 Å². The smallest absolute Gasteiger partial charge is 0.796 e. The Kier molecular flexibility index (Phi) is 28.8. The summed E-state index contributed by atoms with van der Waals surface area (Å²) in [7, 11) is 1.00. The van der Waals surface area contributed by atoms with E-state index in [1.165, 1.54) is 28.5 Å². The third-order valence-corrected chi connectivity index (χ3v) is 9.90. The normalized spacial score (nSPS) is 17.9. The summed E-state index contributed by atoms with van der Waals surface area (Å²) in [6.07, 6.45) is 1.76. The number of aliphatic hydroxyl groups is 1. The predicted octanol–water partition coefficient (Wildman–Crippen LogP) is 5.51. The number of aliphatic hydroxyl groups excluding tert-OH is 1. The van der Waals surface area contributed by atoms with Gasteiger partial charge in [0.2, 0.25) is 0 Å². The Hall–Kier alpha value is -1.60. The predicted molar refractivity (Wildman–Crippen MR) is 223 cm³/mol. The van der Waals surface area contributed by atoms with Crippen molar-refractivity contribution in [2.24, 2.45) is 0 Å². The van der Waals surface area contributed by atoms with Crippen LogP contribution in [-0.2, 0) is 40.0 Å². The van der Waals surface area contributed by atoms with Crippen LogP contribution in [0.5, 0.6) is 0 Å². The zero-order valence-corrected chi connectivity index (χ0v) is 34.4. The van der Waals surface area contributed by atoms with E-state index in [2.05, 4.69) is 113 Å². The van der Waals surface area contributed by atoms with Gasteiger partial charge < -0.3 is 27.2 Å². The monoisotopic (exact) mass is 774 g/mol. The molecule has 2 aliphatic rings. The minimum Gasteiger partial charge on any atom is -0.796 e. The first kappa shape index (κ1) is 50.4. The van der Waals surface area contributed by atoms with Crippen LogP contribution in [0.4, 0.5) is 0 Å². The number of ether oxygens (including phenoxy) is 2. The molecular weight excluding hydrogens is 716 g/mol. The van der Waals surface area contributed by atoms with Gasteiger partial charge in [0.25, 0.3) is 0 Å². The average Bonchev–Trinajstić information content (AvgIpc) is 3.17. The maximum atomic E-state index is 11.7. The maximum absolute atomic E-state index is 11.7. The average molecular weight is 775 g/mol. The van der Waals surface area contributed by atoms with Gasteiger partial charge in [-0.25, -0.2) is 0 Å². The standard InChI is InChI=1S/C20H23NO2S.C18H21NOS.CH4O.CH4S.2CH4.Na/c1-16(22)24-20(18-10-6-3-7-11-18)19-15-21(12-13-23-19)14-17-8-4-2-5-9-17;21-18(16-9-5-2-6-10-16)17-14-19(11-12-20-17)13-15-7-3-1-4-8-15;2*1-2;;;/h2-11,19-20H,12-15H2,1H3;1-10,17-18,21H,11-14H2;2*2H,1H3;2*1H4;/q;;;;;;+1/p-1/t19-,20-;17-,18-;;;;;/m00...../s1. The quantitative estimate of drug-likeness (QED) is 0.131. The number of carbonyl (C=O) groups is 1. The van der Waals surface area contributed by atoms with Gasteiger partial charge in [0, 0.05) is 53.3 Å². The maximum Gasteiger partial charge on any atom is 1.00 e. The number of benzene rings is 4. The first-order chi connectivity index (χ1) is 24.0. The molecule has 2 heterocycles. The molecule has 4 aromatic rings. The Morgan fingerprint density at radius 2 is 1.08 bits per heavy atom. The van der Waals surface area contributed by atoms with Gasteiger partial charge in [0.1, 0.15) is 0 Å². The molecule has 2 fully saturated rings. The minimum atomic E-state index is 0. The fourth-order valence-electron chi connectivity index (χ4n) is 5.85. The van der Waals surface area contributed by atoms with Crippen LogP contribution in [-0.4, -0.2) is 85.0 Å².